The van der Waals surface area contributed by atoms with E-state index in [9.17, 15) is 23.2 Å². The van der Waals surface area contributed by atoms with Crippen molar-refractivity contribution >= 4 is 46.7 Å². The number of benzene rings is 2. The Hall–Kier alpha value is -2.65. The Labute approximate surface area is 180 Å². The average molecular weight is 458 g/mol. The Morgan fingerprint density at radius 2 is 1.80 bits per heavy atom. The number of ether oxygens (including phenoxy) is 2. The Bertz CT molecular complexity index is 909. The maximum absolute atomic E-state index is 12.2. The van der Waals surface area contributed by atoms with Crippen molar-refractivity contribution < 1.29 is 32.6 Å². The smallest absolute Gasteiger partial charge is 0.387 e. The molecular formula is C20H18ClF2NO5S. The van der Waals surface area contributed by atoms with Crippen LogP contribution >= 0.6 is 23.4 Å². The van der Waals surface area contributed by atoms with Crippen LogP contribution in [0.4, 0.5) is 14.5 Å². The third-order valence-corrected chi connectivity index (χ3v) is 4.80. The second kappa shape index (κ2) is 11.5. The van der Waals surface area contributed by atoms with Gasteiger partial charge in [-0.2, -0.15) is 8.78 Å². The molecule has 1 N–H and O–H groups in total. The first-order valence-corrected chi connectivity index (χ1v) is 10.3. The number of hydrogen-bond donors (Lipinski definition) is 1. The van der Waals surface area contributed by atoms with Crippen LogP contribution in [-0.2, 0) is 14.3 Å². The molecule has 0 aliphatic heterocycles. The van der Waals surface area contributed by atoms with Crippen LogP contribution in [0.5, 0.6) is 5.75 Å². The highest BCUT2D eigenvalue weighted by Gasteiger charge is 2.13. The molecule has 0 unspecified atom stereocenters. The second-order valence-corrected chi connectivity index (χ2v) is 7.17. The first-order valence-electron chi connectivity index (χ1n) is 8.65. The van der Waals surface area contributed by atoms with Crippen molar-refractivity contribution in [3.05, 3.63) is 53.1 Å². The number of esters is 1. The van der Waals surface area contributed by atoms with Crippen molar-refractivity contribution in [2.24, 2.45) is 0 Å². The molecule has 0 aliphatic rings. The van der Waals surface area contributed by atoms with Gasteiger partial charge in [0, 0.05) is 22.6 Å². The lowest BCUT2D eigenvalue weighted by Gasteiger charge is -2.10. The minimum absolute atomic E-state index is 0.0414. The van der Waals surface area contributed by atoms with Gasteiger partial charge in [-0.1, -0.05) is 23.7 Å². The quantitative estimate of drug-likeness (QED) is 0.313. The summed E-state index contributed by atoms with van der Waals surface area (Å²) in [5.74, 6) is -1.78. The molecule has 2 aromatic rings. The lowest BCUT2D eigenvalue weighted by molar-refractivity contribution is -0.147. The van der Waals surface area contributed by atoms with Gasteiger partial charge in [-0.05, 0) is 36.6 Å². The third-order valence-electron chi connectivity index (χ3n) is 3.76. The summed E-state index contributed by atoms with van der Waals surface area (Å²) in [6, 6.07) is 10.7. The van der Waals surface area contributed by atoms with E-state index in [0.29, 0.717) is 5.56 Å². The van der Waals surface area contributed by atoms with Crippen LogP contribution in [0, 0.1) is 0 Å². The van der Waals surface area contributed by atoms with Gasteiger partial charge in [0.25, 0.3) is 5.91 Å². The van der Waals surface area contributed by atoms with Crippen LogP contribution in [0.1, 0.15) is 23.2 Å². The molecule has 0 saturated carbocycles. The first-order chi connectivity index (χ1) is 14.3. The maximum Gasteiger partial charge on any atom is 0.387 e. The predicted molar refractivity (Wildman–Crippen MR) is 109 cm³/mol. The molecule has 2 rings (SSSR count). The molecule has 0 atom stereocenters. The third kappa shape index (κ3) is 7.64. The van der Waals surface area contributed by atoms with Gasteiger partial charge in [0.1, 0.15) is 5.75 Å². The highest BCUT2D eigenvalue weighted by atomic mass is 35.5. The van der Waals surface area contributed by atoms with Crippen molar-refractivity contribution in [3.63, 3.8) is 0 Å². The zero-order valence-electron chi connectivity index (χ0n) is 15.8. The molecule has 160 valence electrons. The van der Waals surface area contributed by atoms with E-state index in [4.69, 9.17) is 16.3 Å². The average Bonchev–Trinajstić information content (AvgIpc) is 2.72. The molecule has 0 radical (unpaired) electrons. The number of thioether (sulfide) groups is 1. The van der Waals surface area contributed by atoms with Crippen LogP contribution in [0.15, 0.2) is 47.4 Å². The zero-order chi connectivity index (χ0) is 22.1. The maximum atomic E-state index is 12.2. The monoisotopic (exact) mass is 457 g/mol. The Morgan fingerprint density at radius 3 is 2.40 bits per heavy atom. The summed E-state index contributed by atoms with van der Waals surface area (Å²) in [4.78, 5) is 36.7. The van der Waals surface area contributed by atoms with E-state index < -0.39 is 25.1 Å². The molecule has 10 heteroatoms. The molecule has 0 fully saturated rings. The van der Waals surface area contributed by atoms with E-state index in [1.165, 1.54) is 18.2 Å². The van der Waals surface area contributed by atoms with Gasteiger partial charge in [0.2, 0.25) is 0 Å². The minimum Gasteiger partial charge on any atom is -0.456 e. The highest BCUT2D eigenvalue weighted by Crippen LogP contribution is 2.28. The molecule has 0 saturated heterocycles. The zero-order valence-corrected chi connectivity index (χ0v) is 17.4. The van der Waals surface area contributed by atoms with Gasteiger partial charge in [-0.3, -0.25) is 14.4 Å². The van der Waals surface area contributed by atoms with Crippen LogP contribution < -0.4 is 10.1 Å². The molecule has 1 amide bonds. The number of anilines is 1. The first kappa shape index (κ1) is 23.6. The van der Waals surface area contributed by atoms with Gasteiger partial charge in [0.15, 0.2) is 12.4 Å². The molecule has 30 heavy (non-hydrogen) atoms. The fraction of sp³-hybridized carbons (Fsp3) is 0.250. The molecule has 0 bridgehead atoms. The summed E-state index contributed by atoms with van der Waals surface area (Å²) >= 11 is 7.35. The number of halogens is 3. The topological polar surface area (TPSA) is 81.7 Å². The number of Topliss-reactive ketones (excluding diaryl/α,β-unsaturated/α-hetero) is 1. The van der Waals surface area contributed by atoms with Crippen LogP contribution in [0.3, 0.4) is 0 Å². The highest BCUT2D eigenvalue weighted by molar-refractivity contribution is 7.98. The molecule has 0 spiro atoms. The Balaban J connectivity index is 1.75. The van der Waals surface area contributed by atoms with Crippen LogP contribution in [0.2, 0.25) is 5.02 Å². The SMILES string of the molecule is CSc1ccc(C(=O)CCC(=O)OCC(=O)Nc2ccc(OC(F)F)c(Cl)c2)cc1. The summed E-state index contributed by atoms with van der Waals surface area (Å²) in [7, 11) is 0. The van der Waals surface area contributed by atoms with Crippen LogP contribution in [0.25, 0.3) is 0 Å². The fourth-order valence-electron chi connectivity index (χ4n) is 2.32. The van der Waals surface area contributed by atoms with Crippen molar-refractivity contribution in [3.8, 4) is 5.75 Å². The second-order valence-electron chi connectivity index (χ2n) is 5.88. The Morgan fingerprint density at radius 1 is 1.10 bits per heavy atom. The van der Waals surface area contributed by atoms with Gasteiger partial charge in [0.05, 0.1) is 11.4 Å². The number of nitrogens with one attached hydrogen (secondary N) is 1. The molecular weight excluding hydrogens is 440 g/mol. The van der Waals surface area contributed by atoms with E-state index in [0.717, 1.165) is 4.90 Å². The Kier molecular flexibility index (Phi) is 9.07. The number of carbonyl (C=O) groups is 3. The number of rotatable bonds is 10. The minimum atomic E-state index is -3.02. The number of hydrogen-bond acceptors (Lipinski definition) is 6. The van der Waals surface area contributed by atoms with E-state index in [1.54, 1.807) is 23.9 Å². The van der Waals surface area contributed by atoms with E-state index in [-0.39, 0.29) is 35.1 Å². The van der Waals surface area contributed by atoms with Crippen LogP contribution in [-0.4, -0.2) is 37.1 Å². The van der Waals surface area contributed by atoms with Crippen molar-refractivity contribution in [1.82, 2.24) is 0 Å². The van der Waals surface area contributed by atoms with E-state index in [2.05, 4.69) is 10.1 Å². The van der Waals surface area contributed by atoms with Crippen molar-refractivity contribution in [1.29, 1.82) is 0 Å². The van der Waals surface area contributed by atoms with Gasteiger partial charge < -0.3 is 14.8 Å². The summed E-state index contributed by atoms with van der Waals surface area (Å²) in [6.07, 6.45) is 1.72. The summed E-state index contributed by atoms with van der Waals surface area (Å²) in [5, 5.41) is 2.29. The number of ketones is 1. The molecule has 0 aromatic heterocycles. The lowest BCUT2D eigenvalue weighted by atomic mass is 10.1. The summed E-state index contributed by atoms with van der Waals surface area (Å²) in [6.45, 7) is -3.59. The van der Waals surface area contributed by atoms with Gasteiger partial charge in [-0.25, -0.2) is 0 Å². The van der Waals surface area contributed by atoms with E-state index >= 15 is 0 Å². The van der Waals surface area contributed by atoms with Crippen molar-refractivity contribution in [2.45, 2.75) is 24.3 Å². The normalized spacial score (nSPS) is 10.6. The number of carbonyl (C=O) groups excluding carboxylic acids is 3. The summed E-state index contributed by atoms with van der Waals surface area (Å²) in [5.41, 5.74) is 0.709. The largest absolute Gasteiger partial charge is 0.456 e. The lowest BCUT2D eigenvalue weighted by Crippen LogP contribution is -2.21. The molecule has 6 nitrogen and oxygen atoms in total. The fourth-order valence-corrected chi connectivity index (χ4v) is 2.96. The number of amides is 1. The van der Waals surface area contributed by atoms with Crippen molar-refractivity contribution in [2.75, 3.05) is 18.2 Å². The van der Waals surface area contributed by atoms with Gasteiger partial charge in [-0.15, -0.1) is 11.8 Å². The van der Waals surface area contributed by atoms with Gasteiger partial charge >= 0.3 is 12.6 Å². The summed E-state index contributed by atoms with van der Waals surface area (Å²) < 4.78 is 33.5. The molecule has 0 aliphatic carbocycles. The number of alkyl halides is 2. The standard InChI is InChI=1S/C20H18ClF2NO5S/c1-30-14-5-2-12(3-6-14)16(25)7-9-19(27)28-11-18(26)24-13-4-8-17(15(21)10-13)29-20(22)23/h2-6,8,10,20H,7,9,11H2,1H3,(H,24,26). The predicted octanol–water partition coefficient (Wildman–Crippen LogP) is 4.81. The molecule has 2 aromatic carbocycles. The molecule has 0 heterocycles. The van der Waals surface area contributed by atoms with E-state index in [1.807, 2.05) is 18.4 Å².